The van der Waals surface area contributed by atoms with Gasteiger partial charge in [-0.1, -0.05) is 18.3 Å². The highest BCUT2D eigenvalue weighted by atomic mass is 32.1. The van der Waals surface area contributed by atoms with E-state index in [9.17, 15) is 4.39 Å². The molecule has 0 aliphatic carbocycles. The maximum atomic E-state index is 13.6. The topological polar surface area (TPSA) is 63.8 Å². The quantitative estimate of drug-likeness (QED) is 0.851. The molecule has 20 heavy (non-hydrogen) atoms. The number of aryl methyl sites for hydroxylation is 2. The second kappa shape index (κ2) is 5.50. The van der Waals surface area contributed by atoms with Crippen molar-refractivity contribution in [1.29, 1.82) is 0 Å². The highest BCUT2D eigenvalue weighted by Gasteiger charge is 2.14. The van der Waals surface area contributed by atoms with Gasteiger partial charge in [0.15, 0.2) is 5.82 Å². The van der Waals surface area contributed by atoms with Crippen LogP contribution in [0.15, 0.2) is 18.2 Å². The van der Waals surface area contributed by atoms with Gasteiger partial charge in [0.2, 0.25) is 0 Å². The third kappa shape index (κ3) is 2.75. The fraction of sp³-hybridized carbons (Fsp3) is 0.214. The fourth-order valence-corrected chi connectivity index (χ4v) is 2.05. The molecule has 2 rings (SSSR count). The first-order valence-electron chi connectivity index (χ1n) is 6.07. The number of thiocarbonyl (C=S) groups is 1. The Balaban J connectivity index is 2.45. The van der Waals surface area contributed by atoms with E-state index < -0.39 is 0 Å². The number of nitrogens with one attached hydrogen (secondary N) is 1. The molecule has 1 aromatic heterocycles. The number of hydrogen-bond acceptors (Lipinski definition) is 4. The molecule has 6 heteroatoms. The average Bonchev–Trinajstić information content (AvgIpc) is 2.38. The van der Waals surface area contributed by atoms with Gasteiger partial charge in [0, 0.05) is 5.69 Å². The molecule has 0 saturated heterocycles. The Morgan fingerprint density at radius 2 is 1.95 bits per heavy atom. The van der Waals surface area contributed by atoms with Gasteiger partial charge < -0.3 is 11.1 Å². The third-order valence-electron chi connectivity index (χ3n) is 3.14. The Kier molecular flexibility index (Phi) is 3.94. The van der Waals surface area contributed by atoms with Crippen molar-refractivity contribution in [3.05, 3.63) is 46.4 Å². The minimum Gasteiger partial charge on any atom is -0.389 e. The first kappa shape index (κ1) is 14.3. The van der Waals surface area contributed by atoms with Crippen LogP contribution < -0.4 is 11.1 Å². The van der Waals surface area contributed by atoms with E-state index in [-0.39, 0.29) is 10.8 Å². The van der Waals surface area contributed by atoms with Crippen molar-refractivity contribution in [3.8, 4) is 0 Å². The molecule has 0 unspecified atom stereocenters. The lowest BCUT2D eigenvalue weighted by atomic mass is 10.1. The van der Waals surface area contributed by atoms with Crippen molar-refractivity contribution in [1.82, 2.24) is 10.2 Å². The number of hydrogen-bond donors (Lipinski definition) is 2. The summed E-state index contributed by atoms with van der Waals surface area (Å²) in [7, 11) is 0. The zero-order valence-corrected chi connectivity index (χ0v) is 12.3. The van der Waals surface area contributed by atoms with Gasteiger partial charge in [-0.2, -0.15) is 5.10 Å². The van der Waals surface area contributed by atoms with Gasteiger partial charge in [-0.3, -0.25) is 0 Å². The molecule has 0 atom stereocenters. The first-order valence-corrected chi connectivity index (χ1v) is 6.48. The van der Waals surface area contributed by atoms with Gasteiger partial charge in [0.05, 0.1) is 11.3 Å². The predicted octanol–water partition coefficient (Wildman–Crippen LogP) is 2.92. The van der Waals surface area contributed by atoms with Gasteiger partial charge in [0.1, 0.15) is 10.8 Å². The minimum atomic E-state index is -0.288. The number of aromatic nitrogens is 2. The second-order valence-electron chi connectivity index (χ2n) is 4.59. The van der Waals surface area contributed by atoms with E-state index in [1.54, 1.807) is 19.1 Å². The molecule has 3 N–H and O–H groups in total. The van der Waals surface area contributed by atoms with Crippen LogP contribution in [0.1, 0.15) is 22.4 Å². The lowest BCUT2D eigenvalue weighted by Gasteiger charge is -2.13. The summed E-state index contributed by atoms with van der Waals surface area (Å²) < 4.78 is 13.6. The van der Waals surface area contributed by atoms with Crippen LogP contribution in [-0.4, -0.2) is 15.2 Å². The Morgan fingerprint density at radius 3 is 2.55 bits per heavy atom. The van der Waals surface area contributed by atoms with Crippen molar-refractivity contribution in [3.63, 3.8) is 0 Å². The molecule has 0 saturated carbocycles. The maximum absolute atomic E-state index is 13.6. The summed E-state index contributed by atoms with van der Waals surface area (Å²) in [6, 6.07) is 4.85. The molecule has 1 heterocycles. The Bertz CT molecular complexity index is 685. The van der Waals surface area contributed by atoms with Crippen LogP contribution in [0.4, 0.5) is 15.9 Å². The first-order chi connectivity index (χ1) is 9.40. The van der Waals surface area contributed by atoms with E-state index in [2.05, 4.69) is 15.5 Å². The van der Waals surface area contributed by atoms with Crippen LogP contribution >= 0.6 is 12.2 Å². The highest BCUT2D eigenvalue weighted by Crippen LogP contribution is 2.23. The van der Waals surface area contributed by atoms with Gasteiger partial charge in [-0.25, -0.2) is 4.39 Å². The molecular weight excluding hydrogens is 275 g/mol. The number of anilines is 2. The van der Waals surface area contributed by atoms with E-state index in [4.69, 9.17) is 18.0 Å². The number of rotatable bonds is 3. The van der Waals surface area contributed by atoms with Crippen molar-refractivity contribution in [2.45, 2.75) is 20.8 Å². The van der Waals surface area contributed by atoms with Crippen molar-refractivity contribution in [2.24, 2.45) is 5.73 Å². The molecule has 0 radical (unpaired) electrons. The Hall–Kier alpha value is -2.08. The fourth-order valence-electron chi connectivity index (χ4n) is 1.80. The molecule has 0 spiro atoms. The van der Waals surface area contributed by atoms with Crippen LogP contribution in [0.5, 0.6) is 0 Å². The molecule has 104 valence electrons. The molecule has 2 aromatic rings. The number of nitrogens with two attached hydrogens (primary N) is 1. The zero-order chi connectivity index (χ0) is 14.9. The summed E-state index contributed by atoms with van der Waals surface area (Å²) in [5, 5.41) is 11.1. The average molecular weight is 290 g/mol. The van der Waals surface area contributed by atoms with Crippen molar-refractivity contribution in [2.75, 3.05) is 5.32 Å². The second-order valence-corrected chi connectivity index (χ2v) is 5.03. The van der Waals surface area contributed by atoms with Crippen molar-refractivity contribution >= 4 is 28.7 Å². The van der Waals surface area contributed by atoms with Crippen LogP contribution in [0.25, 0.3) is 0 Å². The molecule has 0 aliphatic rings. The van der Waals surface area contributed by atoms with Gasteiger partial charge in [-0.05, 0) is 44.0 Å². The minimum absolute atomic E-state index is 0.232. The van der Waals surface area contributed by atoms with Gasteiger partial charge >= 0.3 is 0 Å². The molecule has 0 bridgehead atoms. The lowest BCUT2D eigenvalue weighted by Crippen LogP contribution is -2.16. The molecule has 0 fully saturated rings. The summed E-state index contributed by atoms with van der Waals surface area (Å²) in [5.74, 6) is 0.146. The van der Waals surface area contributed by atoms with Crippen LogP contribution in [0.3, 0.4) is 0 Å². The summed E-state index contributed by atoms with van der Waals surface area (Å²) in [6.45, 7) is 5.41. The van der Waals surface area contributed by atoms with E-state index in [1.165, 1.54) is 6.07 Å². The van der Waals surface area contributed by atoms with E-state index in [0.717, 1.165) is 11.3 Å². The van der Waals surface area contributed by atoms with Crippen LogP contribution in [-0.2, 0) is 0 Å². The Labute approximate surface area is 122 Å². The van der Waals surface area contributed by atoms with E-state index in [1.807, 2.05) is 13.8 Å². The Morgan fingerprint density at radius 1 is 1.25 bits per heavy atom. The molecule has 0 aliphatic heterocycles. The number of benzene rings is 1. The summed E-state index contributed by atoms with van der Waals surface area (Å²) in [4.78, 5) is 0.232. The number of nitrogens with zero attached hydrogens (tertiary/aromatic N) is 2. The maximum Gasteiger partial charge on any atom is 0.163 e. The zero-order valence-electron chi connectivity index (χ0n) is 11.5. The summed E-state index contributed by atoms with van der Waals surface area (Å²) in [5.41, 5.74) is 9.15. The standard InChI is InChI=1S/C14H15FN4S/c1-7-4-5-10(6-11(7)15)17-14-12(13(16)20)8(2)9(3)18-19-14/h4-6H,1-3H3,(H2,16,20)(H,17,19). The van der Waals surface area contributed by atoms with Gasteiger partial charge in [-0.15, -0.1) is 5.10 Å². The summed E-state index contributed by atoms with van der Waals surface area (Å²) in [6.07, 6.45) is 0. The van der Waals surface area contributed by atoms with Gasteiger partial charge in [0.25, 0.3) is 0 Å². The molecule has 1 aromatic carbocycles. The van der Waals surface area contributed by atoms with Crippen LogP contribution in [0.2, 0.25) is 0 Å². The molecule has 4 nitrogen and oxygen atoms in total. The molecular formula is C14H15FN4S. The third-order valence-corrected chi connectivity index (χ3v) is 3.34. The van der Waals surface area contributed by atoms with E-state index >= 15 is 0 Å². The van der Waals surface area contributed by atoms with Crippen LogP contribution in [0, 0.1) is 26.6 Å². The highest BCUT2D eigenvalue weighted by molar-refractivity contribution is 7.80. The number of halogens is 1. The smallest absolute Gasteiger partial charge is 0.163 e. The monoisotopic (exact) mass is 290 g/mol. The normalized spacial score (nSPS) is 10.4. The predicted molar refractivity (Wildman–Crippen MR) is 81.8 cm³/mol. The molecule has 0 amide bonds. The largest absolute Gasteiger partial charge is 0.389 e. The SMILES string of the molecule is Cc1ccc(Nc2nnc(C)c(C)c2C(N)=S)cc1F. The lowest BCUT2D eigenvalue weighted by molar-refractivity contribution is 0.619. The van der Waals surface area contributed by atoms with Crippen molar-refractivity contribution < 1.29 is 4.39 Å². The summed E-state index contributed by atoms with van der Waals surface area (Å²) >= 11 is 5.06. The van der Waals surface area contributed by atoms with E-state index in [0.29, 0.717) is 22.6 Å².